The predicted octanol–water partition coefficient (Wildman–Crippen LogP) is 5.65. The van der Waals surface area contributed by atoms with Crippen LogP contribution in [0.5, 0.6) is 5.75 Å². The zero-order chi connectivity index (χ0) is 24.1. The molecule has 0 aliphatic rings. The molecule has 1 heterocycles. The number of esters is 2. The van der Waals surface area contributed by atoms with Crippen molar-refractivity contribution < 1.29 is 32.6 Å². The molecule has 0 atom stereocenters. The highest BCUT2D eigenvalue weighted by molar-refractivity contribution is 6.04. The van der Waals surface area contributed by atoms with Crippen molar-refractivity contribution in [3.8, 4) is 17.0 Å². The third-order valence-corrected chi connectivity index (χ3v) is 5.06. The lowest BCUT2D eigenvalue weighted by atomic mass is 10.0. The predicted molar refractivity (Wildman–Crippen MR) is 121 cm³/mol. The maximum Gasteiger partial charge on any atom is 0.387 e. The summed E-state index contributed by atoms with van der Waals surface area (Å²) in [7, 11) is 1.30. The first kappa shape index (κ1) is 22.8. The summed E-state index contributed by atoms with van der Waals surface area (Å²) in [6.07, 6.45) is 0. The van der Waals surface area contributed by atoms with E-state index in [1.807, 2.05) is 0 Å². The highest BCUT2D eigenvalue weighted by Crippen LogP contribution is 2.27. The van der Waals surface area contributed by atoms with E-state index in [0.717, 1.165) is 0 Å². The Morgan fingerprint density at radius 2 is 1.62 bits per heavy atom. The van der Waals surface area contributed by atoms with Crippen molar-refractivity contribution in [3.05, 3.63) is 95.6 Å². The molecule has 0 saturated heterocycles. The van der Waals surface area contributed by atoms with Crippen molar-refractivity contribution in [3.63, 3.8) is 0 Å². The first-order chi connectivity index (χ1) is 16.4. The molecule has 6 nitrogen and oxygen atoms in total. The number of methoxy groups -OCH3 is 1. The highest BCUT2D eigenvalue weighted by atomic mass is 19.3. The minimum absolute atomic E-state index is 0.00589. The molecule has 0 unspecified atom stereocenters. The van der Waals surface area contributed by atoms with Gasteiger partial charge in [-0.1, -0.05) is 30.3 Å². The number of halogens is 2. The maximum atomic E-state index is 13.0. The highest BCUT2D eigenvalue weighted by Gasteiger charge is 2.16. The minimum Gasteiger partial charge on any atom is -0.465 e. The van der Waals surface area contributed by atoms with E-state index in [9.17, 15) is 18.4 Å². The Morgan fingerprint density at radius 3 is 2.29 bits per heavy atom. The number of pyridine rings is 1. The quantitative estimate of drug-likeness (QED) is 0.330. The van der Waals surface area contributed by atoms with E-state index in [0.29, 0.717) is 38.9 Å². The average Bonchev–Trinajstić information content (AvgIpc) is 2.86. The molecule has 34 heavy (non-hydrogen) atoms. The van der Waals surface area contributed by atoms with Crippen LogP contribution in [-0.2, 0) is 16.1 Å². The van der Waals surface area contributed by atoms with Gasteiger partial charge in [-0.2, -0.15) is 8.78 Å². The van der Waals surface area contributed by atoms with Gasteiger partial charge in [0.1, 0.15) is 12.4 Å². The summed E-state index contributed by atoms with van der Waals surface area (Å²) >= 11 is 0. The fourth-order valence-corrected chi connectivity index (χ4v) is 3.38. The standard InChI is InChI=1S/C26H19F2NO5/c1-32-24(30)18-8-6-16(7-9-18)15-33-25(31)21-14-23(29-22-5-3-2-4-20(21)22)17-10-12-19(13-11-17)34-26(27)28/h2-14,26H,15H2,1H3. The maximum absolute atomic E-state index is 13.0. The van der Waals surface area contributed by atoms with Gasteiger partial charge in [0.2, 0.25) is 0 Å². The van der Waals surface area contributed by atoms with E-state index in [1.54, 1.807) is 66.7 Å². The minimum atomic E-state index is -2.91. The van der Waals surface area contributed by atoms with E-state index < -0.39 is 18.6 Å². The smallest absolute Gasteiger partial charge is 0.387 e. The second kappa shape index (κ2) is 10.1. The Balaban J connectivity index is 1.58. The summed E-state index contributed by atoms with van der Waals surface area (Å²) < 4.78 is 39.4. The van der Waals surface area contributed by atoms with Crippen LogP contribution in [0.15, 0.2) is 78.9 Å². The van der Waals surface area contributed by atoms with E-state index in [-0.39, 0.29) is 12.4 Å². The van der Waals surface area contributed by atoms with Crippen LogP contribution in [0.3, 0.4) is 0 Å². The fraction of sp³-hybridized carbons (Fsp3) is 0.115. The van der Waals surface area contributed by atoms with Gasteiger partial charge in [-0.15, -0.1) is 0 Å². The zero-order valence-corrected chi connectivity index (χ0v) is 18.0. The first-order valence-corrected chi connectivity index (χ1v) is 10.2. The third-order valence-electron chi connectivity index (χ3n) is 5.06. The molecular formula is C26H19F2NO5. The van der Waals surface area contributed by atoms with Crippen LogP contribution < -0.4 is 4.74 Å². The van der Waals surface area contributed by atoms with Gasteiger partial charge in [-0.25, -0.2) is 14.6 Å². The van der Waals surface area contributed by atoms with Crippen LogP contribution >= 0.6 is 0 Å². The van der Waals surface area contributed by atoms with Crippen molar-refractivity contribution in [2.45, 2.75) is 13.2 Å². The van der Waals surface area contributed by atoms with Crippen molar-refractivity contribution in [1.29, 1.82) is 0 Å². The molecule has 0 radical (unpaired) electrons. The number of alkyl halides is 2. The Hall–Kier alpha value is -4.33. The Morgan fingerprint density at radius 1 is 0.912 bits per heavy atom. The Bertz CT molecular complexity index is 1320. The molecule has 0 aliphatic carbocycles. The number of rotatable bonds is 7. The number of hydrogen-bond acceptors (Lipinski definition) is 6. The third kappa shape index (κ3) is 5.17. The van der Waals surface area contributed by atoms with Crippen molar-refractivity contribution in [1.82, 2.24) is 4.98 Å². The van der Waals surface area contributed by atoms with Crippen molar-refractivity contribution >= 4 is 22.8 Å². The molecule has 0 saturated carbocycles. The normalized spacial score (nSPS) is 10.8. The molecule has 4 aromatic rings. The molecule has 1 aromatic heterocycles. The van der Waals surface area contributed by atoms with Gasteiger partial charge in [0.15, 0.2) is 0 Å². The van der Waals surface area contributed by atoms with Gasteiger partial charge in [0.05, 0.1) is 29.4 Å². The molecule has 172 valence electrons. The number of benzene rings is 3. The van der Waals surface area contributed by atoms with Crippen LogP contribution in [0.1, 0.15) is 26.3 Å². The van der Waals surface area contributed by atoms with Crippen molar-refractivity contribution in [2.75, 3.05) is 7.11 Å². The lowest BCUT2D eigenvalue weighted by Crippen LogP contribution is -2.07. The molecule has 4 rings (SSSR count). The van der Waals surface area contributed by atoms with E-state index in [4.69, 9.17) is 4.74 Å². The molecule has 8 heteroatoms. The number of hydrogen-bond donors (Lipinski definition) is 0. The Labute approximate surface area is 193 Å². The molecule has 0 amide bonds. The van der Waals surface area contributed by atoms with Gasteiger partial charge in [0.25, 0.3) is 0 Å². The van der Waals surface area contributed by atoms with Gasteiger partial charge < -0.3 is 14.2 Å². The summed E-state index contributed by atoms with van der Waals surface area (Å²) in [4.78, 5) is 29.1. The largest absolute Gasteiger partial charge is 0.465 e. The molecular weight excluding hydrogens is 444 g/mol. The Kier molecular flexibility index (Phi) is 6.77. The van der Waals surface area contributed by atoms with Gasteiger partial charge in [-0.3, -0.25) is 0 Å². The number of fused-ring (bicyclic) bond motifs is 1. The number of carbonyl (C=O) groups is 2. The summed E-state index contributed by atoms with van der Waals surface area (Å²) in [5.41, 5.74) is 3.11. The fourth-order valence-electron chi connectivity index (χ4n) is 3.38. The van der Waals surface area contributed by atoms with Crippen LogP contribution in [0.4, 0.5) is 8.78 Å². The number of aromatic nitrogens is 1. The lowest BCUT2D eigenvalue weighted by Gasteiger charge is -2.11. The summed E-state index contributed by atoms with van der Waals surface area (Å²) in [6.45, 7) is -2.91. The topological polar surface area (TPSA) is 74.7 Å². The van der Waals surface area contributed by atoms with Crippen LogP contribution in [0, 0.1) is 0 Å². The molecule has 0 aliphatic heterocycles. The summed E-state index contributed by atoms with van der Waals surface area (Å²) in [5.74, 6) is -0.972. The number of carbonyl (C=O) groups excluding carboxylic acids is 2. The number of ether oxygens (including phenoxy) is 3. The molecule has 3 aromatic carbocycles. The van der Waals surface area contributed by atoms with E-state index in [2.05, 4.69) is 14.5 Å². The van der Waals surface area contributed by atoms with Crippen molar-refractivity contribution in [2.24, 2.45) is 0 Å². The molecule has 0 spiro atoms. The molecule has 0 bridgehead atoms. The lowest BCUT2D eigenvalue weighted by molar-refractivity contribution is -0.0498. The van der Waals surface area contributed by atoms with Crippen LogP contribution in [0.25, 0.3) is 22.2 Å². The SMILES string of the molecule is COC(=O)c1ccc(COC(=O)c2cc(-c3ccc(OC(F)F)cc3)nc3ccccc23)cc1. The average molecular weight is 463 g/mol. The first-order valence-electron chi connectivity index (χ1n) is 10.2. The summed E-state index contributed by atoms with van der Waals surface area (Å²) in [5, 5.41) is 0.620. The number of nitrogens with zero attached hydrogens (tertiary/aromatic N) is 1. The second-order valence-corrected chi connectivity index (χ2v) is 7.24. The zero-order valence-electron chi connectivity index (χ0n) is 18.0. The monoisotopic (exact) mass is 463 g/mol. The van der Waals surface area contributed by atoms with Crippen LogP contribution in [0.2, 0.25) is 0 Å². The number of para-hydroxylation sites is 1. The molecule has 0 fully saturated rings. The van der Waals surface area contributed by atoms with E-state index in [1.165, 1.54) is 19.2 Å². The molecule has 0 N–H and O–H groups in total. The van der Waals surface area contributed by atoms with Gasteiger partial charge in [0, 0.05) is 10.9 Å². The van der Waals surface area contributed by atoms with Gasteiger partial charge in [-0.05, 0) is 54.1 Å². The van der Waals surface area contributed by atoms with Crippen LogP contribution in [-0.4, -0.2) is 30.6 Å². The summed E-state index contributed by atoms with van der Waals surface area (Å²) in [6, 6.07) is 21.3. The van der Waals surface area contributed by atoms with Gasteiger partial charge >= 0.3 is 18.6 Å². The van der Waals surface area contributed by atoms with E-state index >= 15 is 0 Å². The second-order valence-electron chi connectivity index (χ2n) is 7.24.